The number of fused-ring (bicyclic) bond motifs is 1. The predicted molar refractivity (Wildman–Crippen MR) is 168 cm³/mol. The van der Waals surface area contributed by atoms with Crippen LogP contribution in [0.25, 0.3) is 39.3 Å². The van der Waals surface area contributed by atoms with Crippen LogP contribution in [0.2, 0.25) is 0 Å². The number of benzene rings is 3. The number of alkyl halides is 2. The second-order valence-electron chi connectivity index (χ2n) is 11.4. The van der Waals surface area contributed by atoms with Crippen molar-refractivity contribution in [2.24, 2.45) is 0 Å². The van der Waals surface area contributed by atoms with E-state index in [9.17, 15) is 22.8 Å². The van der Waals surface area contributed by atoms with Gasteiger partial charge in [0.25, 0.3) is 11.8 Å². The van der Waals surface area contributed by atoms with Gasteiger partial charge in [0.1, 0.15) is 34.6 Å². The van der Waals surface area contributed by atoms with E-state index < -0.39 is 42.1 Å². The van der Waals surface area contributed by atoms with Crippen molar-refractivity contribution in [3.05, 3.63) is 113 Å². The van der Waals surface area contributed by atoms with E-state index in [1.54, 1.807) is 36.5 Å². The average Bonchev–Trinajstić information content (AvgIpc) is 3.46. The fourth-order valence-corrected chi connectivity index (χ4v) is 5.53. The molecule has 5 aromatic rings. The summed E-state index contributed by atoms with van der Waals surface area (Å²) < 4.78 is 77.6. The molecule has 11 heteroatoms. The summed E-state index contributed by atoms with van der Waals surface area (Å²) in [5.41, 5.74) is 7.24. The van der Waals surface area contributed by atoms with E-state index in [4.69, 9.17) is 10.2 Å². The number of rotatable bonds is 8. The Morgan fingerprint density at radius 2 is 1.64 bits per heavy atom. The maximum absolute atomic E-state index is 15.6. The van der Waals surface area contributed by atoms with Crippen LogP contribution in [0, 0.1) is 17.5 Å². The molecular formula is C36H28F5N3O3. The summed E-state index contributed by atoms with van der Waals surface area (Å²) >= 11 is 0. The number of ketones is 1. The first-order chi connectivity index (χ1) is 22.5. The lowest BCUT2D eigenvalue weighted by molar-refractivity contribution is -0.114. The summed E-state index contributed by atoms with van der Waals surface area (Å²) in [5.74, 6) is -5.16. The van der Waals surface area contributed by atoms with Crippen molar-refractivity contribution in [1.29, 1.82) is 0 Å². The summed E-state index contributed by atoms with van der Waals surface area (Å²) in [4.78, 5) is 30.7. The van der Waals surface area contributed by atoms with Crippen LogP contribution in [0.15, 0.2) is 83.4 Å². The number of aromatic nitrogens is 1. The molecule has 1 amide bonds. The Morgan fingerprint density at radius 1 is 0.894 bits per heavy atom. The minimum absolute atomic E-state index is 0.0133. The number of piperidine rings is 1. The quantitative estimate of drug-likeness (QED) is 0.136. The van der Waals surface area contributed by atoms with Crippen molar-refractivity contribution >= 4 is 34.6 Å². The first-order valence-electron chi connectivity index (χ1n) is 14.9. The Bertz CT molecular complexity index is 2010. The maximum atomic E-state index is 15.6. The van der Waals surface area contributed by atoms with E-state index in [0.29, 0.717) is 28.1 Å². The number of pyridine rings is 1. The molecule has 6 nitrogen and oxygen atoms in total. The van der Waals surface area contributed by atoms with Crippen molar-refractivity contribution in [3.8, 4) is 22.3 Å². The highest BCUT2D eigenvalue weighted by atomic mass is 19.3. The molecule has 1 aliphatic heterocycles. The number of carbonyl (C=O) groups excluding carboxylic acids is 2. The van der Waals surface area contributed by atoms with Crippen LogP contribution in [-0.4, -0.2) is 40.6 Å². The number of hydrogen-bond acceptors (Lipinski definition) is 5. The van der Waals surface area contributed by atoms with Crippen LogP contribution in [-0.2, 0) is 11.2 Å². The minimum atomic E-state index is -2.83. The standard InChI is InChI=1S/C36H28F5N3O3/c37-25-4-9-29(32(39)19-25)30-17-23(28-8-3-22(18-31(28)38)35(46)44-13-11-36(40,41)12-14-44)15-24-16-27(47-34(24)30)7-6-26(45)5-1-21-2-10-33(42)43-20-21/h1-5,8-10,15-20H,6-7,11-14H2,(H2,42,43)/b5-1+. The van der Waals surface area contributed by atoms with Crippen molar-refractivity contribution in [2.75, 3.05) is 18.8 Å². The number of nitrogens with zero attached hydrogens (tertiary/aromatic N) is 2. The van der Waals surface area contributed by atoms with E-state index in [1.807, 2.05) is 0 Å². The number of amides is 1. The highest BCUT2D eigenvalue weighted by molar-refractivity contribution is 5.98. The number of allylic oxidation sites excluding steroid dienone is 1. The average molecular weight is 646 g/mol. The van der Waals surface area contributed by atoms with Gasteiger partial charge in [0, 0.05) is 78.7 Å². The molecule has 1 saturated heterocycles. The van der Waals surface area contributed by atoms with Crippen molar-refractivity contribution in [2.45, 2.75) is 31.6 Å². The largest absolute Gasteiger partial charge is 0.460 e. The van der Waals surface area contributed by atoms with Gasteiger partial charge in [-0.2, -0.15) is 0 Å². The Hall–Kier alpha value is -5.32. The molecule has 0 bridgehead atoms. The third-order valence-electron chi connectivity index (χ3n) is 8.09. The summed E-state index contributed by atoms with van der Waals surface area (Å²) in [6.45, 7) is -0.271. The molecule has 0 saturated carbocycles. The number of nitrogens with two attached hydrogens (primary N) is 1. The lowest BCUT2D eigenvalue weighted by Gasteiger charge is -2.31. The van der Waals surface area contributed by atoms with Gasteiger partial charge in [-0.05, 0) is 77.9 Å². The first kappa shape index (κ1) is 31.7. The van der Waals surface area contributed by atoms with Crippen molar-refractivity contribution in [1.82, 2.24) is 9.88 Å². The molecule has 2 N–H and O–H groups in total. The fourth-order valence-electron chi connectivity index (χ4n) is 5.53. The lowest BCUT2D eigenvalue weighted by atomic mass is 9.95. The Labute approximate surface area is 266 Å². The molecule has 47 heavy (non-hydrogen) atoms. The van der Waals surface area contributed by atoms with Crippen LogP contribution in [0.4, 0.5) is 27.8 Å². The van der Waals surface area contributed by atoms with E-state index in [2.05, 4.69) is 4.98 Å². The van der Waals surface area contributed by atoms with Gasteiger partial charge in [-0.15, -0.1) is 0 Å². The first-order valence-corrected chi connectivity index (χ1v) is 14.9. The molecule has 3 heterocycles. The number of likely N-dealkylation sites (tertiary alicyclic amines) is 1. The van der Waals surface area contributed by atoms with E-state index >= 15 is 8.78 Å². The number of hydrogen-bond donors (Lipinski definition) is 1. The van der Waals surface area contributed by atoms with Gasteiger partial charge in [0.2, 0.25) is 0 Å². The molecule has 0 spiro atoms. The van der Waals surface area contributed by atoms with E-state index in [-0.39, 0.29) is 59.6 Å². The number of halogens is 5. The van der Waals surface area contributed by atoms with Crippen LogP contribution < -0.4 is 5.73 Å². The molecule has 2 aromatic heterocycles. The molecule has 1 fully saturated rings. The summed E-state index contributed by atoms with van der Waals surface area (Å²) in [6, 6.07) is 15.1. The molecule has 6 rings (SSSR count). The normalized spacial score (nSPS) is 14.6. The van der Waals surface area contributed by atoms with Gasteiger partial charge in [-0.3, -0.25) is 9.59 Å². The number of aryl methyl sites for hydroxylation is 1. The number of furan rings is 1. The fraction of sp³-hybridized carbons (Fsp3) is 0.194. The van der Waals surface area contributed by atoms with Gasteiger partial charge in [0.05, 0.1) is 0 Å². The van der Waals surface area contributed by atoms with Crippen LogP contribution in [0.1, 0.15) is 40.9 Å². The van der Waals surface area contributed by atoms with E-state index in [0.717, 1.165) is 18.2 Å². The SMILES string of the molecule is Nc1ccc(/C=C/C(=O)CCc2cc3cc(-c4ccc(C(=O)N5CCC(F)(F)CC5)cc4F)cc(-c4ccc(F)cc4F)c3o2)cn1. The molecule has 0 atom stereocenters. The highest BCUT2D eigenvalue weighted by Crippen LogP contribution is 2.38. The van der Waals surface area contributed by atoms with Gasteiger partial charge in [-0.1, -0.05) is 6.07 Å². The Balaban J connectivity index is 1.30. The van der Waals surface area contributed by atoms with Crippen LogP contribution >= 0.6 is 0 Å². The topological polar surface area (TPSA) is 89.4 Å². The van der Waals surface area contributed by atoms with Crippen LogP contribution in [0.3, 0.4) is 0 Å². The van der Waals surface area contributed by atoms with Crippen molar-refractivity contribution < 1.29 is 36.0 Å². The zero-order chi connectivity index (χ0) is 33.3. The zero-order valence-electron chi connectivity index (χ0n) is 24.9. The third kappa shape index (κ3) is 7.09. The molecule has 240 valence electrons. The molecule has 0 radical (unpaired) electrons. The molecule has 0 unspecified atom stereocenters. The minimum Gasteiger partial charge on any atom is -0.460 e. The van der Waals surface area contributed by atoms with Crippen LogP contribution in [0.5, 0.6) is 0 Å². The molecular weight excluding hydrogens is 617 g/mol. The summed E-state index contributed by atoms with van der Waals surface area (Å²) in [7, 11) is 0. The Morgan fingerprint density at radius 3 is 2.34 bits per heavy atom. The van der Waals surface area contributed by atoms with Gasteiger partial charge >= 0.3 is 0 Å². The van der Waals surface area contributed by atoms with Crippen molar-refractivity contribution in [3.63, 3.8) is 0 Å². The summed E-state index contributed by atoms with van der Waals surface area (Å²) in [6.07, 6.45) is 3.98. The smallest absolute Gasteiger partial charge is 0.253 e. The maximum Gasteiger partial charge on any atom is 0.253 e. The van der Waals surface area contributed by atoms with Gasteiger partial charge < -0.3 is 15.1 Å². The number of anilines is 1. The monoisotopic (exact) mass is 645 g/mol. The Kier molecular flexibility index (Phi) is 8.63. The molecule has 0 aliphatic carbocycles. The molecule has 1 aliphatic rings. The van der Waals surface area contributed by atoms with Gasteiger partial charge in [0.15, 0.2) is 5.78 Å². The predicted octanol–water partition coefficient (Wildman–Crippen LogP) is 8.25. The number of nitrogen functional groups attached to an aromatic ring is 1. The summed E-state index contributed by atoms with van der Waals surface area (Å²) in [5, 5.41) is 0.487. The van der Waals surface area contributed by atoms with E-state index in [1.165, 1.54) is 35.2 Å². The highest BCUT2D eigenvalue weighted by Gasteiger charge is 2.36. The number of carbonyl (C=O) groups is 2. The lowest BCUT2D eigenvalue weighted by Crippen LogP contribution is -2.42. The molecule has 3 aromatic carbocycles. The van der Waals surface area contributed by atoms with Gasteiger partial charge in [-0.25, -0.2) is 26.9 Å². The zero-order valence-corrected chi connectivity index (χ0v) is 24.9. The second kappa shape index (κ2) is 12.8. The third-order valence-corrected chi connectivity index (χ3v) is 8.09. The second-order valence-corrected chi connectivity index (χ2v) is 11.4.